The van der Waals surface area contributed by atoms with Crippen LogP contribution in [-0.4, -0.2) is 25.2 Å². The van der Waals surface area contributed by atoms with Crippen LogP contribution in [0.1, 0.15) is 23.7 Å². The van der Waals surface area contributed by atoms with E-state index < -0.39 is 0 Å². The van der Waals surface area contributed by atoms with Crippen LogP contribution in [0.2, 0.25) is 0 Å². The second kappa shape index (κ2) is 5.87. The van der Waals surface area contributed by atoms with Gasteiger partial charge in [0.05, 0.1) is 12.5 Å². The number of hydrogen-bond acceptors (Lipinski definition) is 5. The Morgan fingerprint density at radius 3 is 3.08 bits per heavy atom. The third kappa shape index (κ3) is 2.73. The largest absolute Gasteiger partial charge is 0.439 e. The normalized spacial score (nSPS) is 16.8. The number of para-hydroxylation sites is 1. The number of fused-ring (bicyclic) bond motifs is 2. The molecule has 0 saturated carbocycles. The zero-order valence-electron chi connectivity index (χ0n) is 14.2. The maximum absolute atomic E-state index is 12.5. The van der Waals surface area contributed by atoms with Gasteiger partial charge in [-0.3, -0.25) is 9.36 Å². The average molecular weight is 341 g/mol. The third-order valence-corrected chi connectivity index (χ3v) is 4.65. The SMILES string of the molecule is Cc1cccc2oc(CNC(=O)[C@@H]3CCc4nn(C)c(=O)n4C3)nc12. The summed E-state index contributed by atoms with van der Waals surface area (Å²) in [5.41, 5.74) is 2.39. The minimum absolute atomic E-state index is 0.0969. The molecule has 0 saturated heterocycles. The molecule has 4 rings (SSSR count). The Balaban J connectivity index is 1.44. The van der Waals surface area contributed by atoms with Gasteiger partial charge in [0.1, 0.15) is 11.3 Å². The number of rotatable bonds is 3. The Morgan fingerprint density at radius 1 is 1.44 bits per heavy atom. The van der Waals surface area contributed by atoms with Gasteiger partial charge in [-0.1, -0.05) is 12.1 Å². The molecule has 8 nitrogen and oxygen atoms in total. The van der Waals surface area contributed by atoms with E-state index in [0.29, 0.717) is 30.9 Å². The number of nitrogens with zero attached hydrogens (tertiary/aromatic N) is 4. The van der Waals surface area contributed by atoms with Gasteiger partial charge < -0.3 is 9.73 Å². The predicted molar refractivity (Wildman–Crippen MR) is 89.9 cm³/mol. The van der Waals surface area contributed by atoms with Crippen molar-refractivity contribution >= 4 is 17.0 Å². The van der Waals surface area contributed by atoms with E-state index in [1.807, 2.05) is 25.1 Å². The summed E-state index contributed by atoms with van der Waals surface area (Å²) in [6.45, 7) is 2.57. The Morgan fingerprint density at radius 2 is 2.28 bits per heavy atom. The maximum atomic E-state index is 12.5. The van der Waals surface area contributed by atoms with Gasteiger partial charge in [-0.2, -0.15) is 5.10 Å². The van der Waals surface area contributed by atoms with E-state index in [-0.39, 0.29) is 24.1 Å². The monoisotopic (exact) mass is 341 g/mol. The van der Waals surface area contributed by atoms with Crippen molar-refractivity contribution in [3.05, 3.63) is 46.0 Å². The minimum Gasteiger partial charge on any atom is -0.439 e. The van der Waals surface area contributed by atoms with E-state index in [2.05, 4.69) is 15.4 Å². The molecule has 1 N–H and O–H groups in total. The average Bonchev–Trinajstić information content (AvgIpc) is 3.15. The number of nitrogens with one attached hydrogen (secondary N) is 1. The molecular weight excluding hydrogens is 322 g/mol. The van der Waals surface area contributed by atoms with Crippen LogP contribution >= 0.6 is 0 Å². The molecule has 0 unspecified atom stereocenters. The van der Waals surface area contributed by atoms with E-state index >= 15 is 0 Å². The highest BCUT2D eigenvalue weighted by atomic mass is 16.3. The number of carbonyl (C=O) groups excluding carboxylic acids is 1. The third-order valence-electron chi connectivity index (χ3n) is 4.65. The summed E-state index contributed by atoms with van der Waals surface area (Å²) in [5.74, 6) is 0.875. The Labute approximate surface area is 143 Å². The van der Waals surface area contributed by atoms with Crippen molar-refractivity contribution < 1.29 is 9.21 Å². The topological polar surface area (TPSA) is 95.0 Å². The van der Waals surface area contributed by atoms with Gasteiger partial charge in [0.2, 0.25) is 11.8 Å². The fourth-order valence-electron chi connectivity index (χ4n) is 3.27. The number of oxazole rings is 1. The molecule has 3 heterocycles. The zero-order chi connectivity index (χ0) is 17.6. The number of benzene rings is 1. The molecule has 0 aliphatic carbocycles. The van der Waals surface area contributed by atoms with Gasteiger partial charge in [0.25, 0.3) is 0 Å². The van der Waals surface area contributed by atoms with E-state index in [0.717, 1.165) is 16.9 Å². The lowest BCUT2D eigenvalue weighted by Gasteiger charge is -2.21. The fourth-order valence-corrected chi connectivity index (χ4v) is 3.27. The van der Waals surface area contributed by atoms with Crippen molar-refractivity contribution in [1.29, 1.82) is 0 Å². The molecule has 130 valence electrons. The second-order valence-electron chi connectivity index (χ2n) is 6.42. The first kappa shape index (κ1) is 15.6. The standard InChI is InChI=1S/C17H19N5O3/c1-10-4-3-5-12-15(10)19-14(25-12)8-18-16(23)11-6-7-13-20-21(2)17(24)22(13)9-11/h3-5,11H,6-9H2,1-2H3,(H,18,23)/t11-/m1/s1. The zero-order valence-corrected chi connectivity index (χ0v) is 14.2. The Hall–Kier alpha value is -2.90. The van der Waals surface area contributed by atoms with Crippen molar-refractivity contribution in [3.8, 4) is 0 Å². The molecule has 2 aromatic heterocycles. The van der Waals surface area contributed by atoms with Gasteiger partial charge in [0.15, 0.2) is 5.58 Å². The molecule has 0 bridgehead atoms. The summed E-state index contributed by atoms with van der Waals surface area (Å²) in [5, 5.41) is 7.05. The first-order valence-electron chi connectivity index (χ1n) is 8.28. The van der Waals surface area contributed by atoms with Crippen molar-refractivity contribution in [2.24, 2.45) is 13.0 Å². The summed E-state index contributed by atoms with van der Waals surface area (Å²) in [6, 6.07) is 5.74. The smallest absolute Gasteiger partial charge is 0.345 e. The molecule has 0 fully saturated rings. The molecule has 1 amide bonds. The van der Waals surface area contributed by atoms with Gasteiger partial charge >= 0.3 is 5.69 Å². The van der Waals surface area contributed by atoms with Crippen LogP contribution in [0.15, 0.2) is 27.4 Å². The van der Waals surface area contributed by atoms with Crippen LogP contribution in [0.3, 0.4) is 0 Å². The van der Waals surface area contributed by atoms with E-state index in [4.69, 9.17) is 4.42 Å². The van der Waals surface area contributed by atoms with Gasteiger partial charge in [-0.15, -0.1) is 0 Å². The summed E-state index contributed by atoms with van der Waals surface area (Å²) in [4.78, 5) is 28.9. The lowest BCUT2D eigenvalue weighted by molar-refractivity contribution is -0.126. The molecule has 0 radical (unpaired) electrons. The van der Waals surface area contributed by atoms with E-state index in [1.54, 1.807) is 11.6 Å². The fraction of sp³-hybridized carbons (Fsp3) is 0.412. The summed E-state index contributed by atoms with van der Waals surface area (Å²) in [6.07, 6.45) is 1.30. The molecule has 1 atom stereocenters. The molecule has 1 aromatic carbocycles. The lowest BCUT2D eigenvalue weighted by atomic mass is 9.98. The highest BCUT2D eigenvalue weighted by Crippen LogP contribution is 2.20. The minimum atomic E-state index is -0.250. The Kier molecular flexibility index (Phi) is 3.67. The molecular formula is C17H19N5O3. The molecule has 8 heteroatoms. The first-order valence-corrected chi connectivity index (χ1v) is 8.28. The van der Waals surface area contributed by atoms with Crippen molar-refractivity contribution in [1.82, 2.24) is 24.6 Å². The van der Waals surface area contributed by atoms with Crippen LogP contribution in [0.25, 0.3) is 11.1 Å². The van der Waals surface area contributed by atoms with Crippen LogP contribution in [0.5, 0.6) is 0 Å². The van der Waals surface area contributed by atoms with Gasteiger partial charge in [0, 0.05) is 20.0 Å². The second-order valence-corrected chi connectivity index (χ2v) is 6.42. The van der Waals surface area contributed by atoms with E-state index in [9.17, 15) is 9.59 Å². The number of amides is 1. The van der Waals surface area contributed by atoms with Crippen LogP contribution in [0, 0.1) is 12.8 Å². The van der Waals surface area contributed by atoms with Crippen LogP contribution < -0.4 is 11.0 Å². The van der Waals surface area contributed by atoms with E-state index in [1.165, 1.54) is 4.68 Å². The molecule has 1 aliphatic rings. The molecule has 25 heavy (non-hydrogen) atoms. The quantitative estimate of drug-likeness (QED) is 0.764. The summed E-state index contributed by atoms with van der Waals surface area (Å²) in [7, 11) is 1.62. The molecule has 0 spiro atoms. The predicted octanol–water partition coefficient (Wildman–Crippen LogP) is 0.910. The lowest BCUT2D eigenvalue weighted by Crippen LogP contribution is -2.38. The van der Waals surface area contributed by atoms with Gasteiger partial charge in [-0.05, 0) is 25.0 Å². The van der Waals surface area contributed by atoms with Crippen LogP contribution in [0.4, 0.5) is 0 Å². The summed E-state index contributed by atoms with van der Waals surface area (Å²) >= 11 is 0. The Bertz CT molecular complexity index is 1010. The highest BCUT2D eigenvalue weighted by Gasteiger charge is 2.27. The van der Waals surface area contributed by atoms with Crippen LogP contribution in [-0.2, 0) is 31.4 Å². The number of hydrogen-bond donors (Lipinski definition) is 1. The number of aromatic nitrogens is 4. The van der Waals surface area contributed by atoms with Crippen molar-refractivity contribution in [3.63, 3.8) is 0 Å². The highest BCUT2D eigenvalue weighted by molar-refractivity contribution is 5.79. The van der Waals surface area contributed by atoms with Crippen molar-refractivity contribution in [2.75, 3.05) is 0 Å². The maximum Gasteiger partial charge on any atom is 0.345 e. The molecule has 3 aromatic rings. The van der Waals surface area contributed by atoms with Crippen molar-refractivity contribution in [2.45, 2.75) is 32.9 Å². The number of aryl methyl sites for hydroxylation is 3. The number of carbonyl (C=O) groups is 1. The van der Waals surface area contributed by atoms with Gasteiger partial charge in [-0.25, -0.2) is 14.5 Å². The first-order chi connectivity index (χ1) is 12.0. The summed E-state index contributed by atoms with van der Waals surface area (Å²) < 4.78 is 8.57. The molecule has 1 aliphatic heterocycles.